The third-order valence-electron chi connectivity index (χ3n) is 5.36. The first-order valence-electron chi connectivity index (χ1n) is 8.62. The molecule has 1 aliphatic rings. The number of halogens is 1. The Morgan fingerprint density at radius 1 is 1.35 bits per heavy atom. The number of nitrogens with zero attached hydrogens (tertiary/aromatic N) is 1. The van der Waals surface area contributed by atoms with Gasteiger partial charge in [0.1, 0.15) is 11.5 Å². The van der Waals surface area contributed by atoms with Crippen LogP contribution in [-0.2, 0) is 16.0 Å². The van der Waals surface area contributed by atoms with Crippen molar-refractivity contribution in [3.05, 3.63) is 40.6 Å². The van der Waals surface area contributed by atoms with Crippen LogP contribution in [0.2, 0.25) is 5.02 Å². The second-order valence-corrected chi connectivity index (χ2v) is 6.94. The molecule has 0 aliphatic heterocycles. The van der Waals surface area contributed by atoms with E-state index in [1.54, 1.807) is 12.1 Å². The molecule has 2 unspecified atom stereocenters. The van der Waals surface area contributed by atoms with Gasteiger partial charge in [-0.15, -0.1) is 0 Å². The summed E-state index contributed by atoms with van der Waals surface area (Å²) < 4.78 is 10.1. The van der Waals surface area contributed by atoms with Crippen LogP contribution in [0.4, 0.5) is 4.79 Å². The molecular weight excluding hydrogens is 358 g/mol. The normalized spacial score (nSPS) is 21.9. The second-order valence-electron chi connectivity index (χ2n) is 6.50. The summed E-state index contributed by atoms with van der Waals surface area (Å²) in [5.41, 5.74) is 1.47. The molecule has 7 heteroatoms. The molecule has 1 aliphatic carbocycles. The molecule has 3 rings (SSSR count). The van der Waals surface area contributed by atoms with Gasteiger partial charge in [-0.3, -0.25) is 4.79 Å². The topological polar surface area (TPSA) is 89.6 Å². The Morgan fingerprint density at radius 2 is 2.04 bits per heavy atom. The highest BCUT2D eigenvalue weighted by atomic mass is 35.5. The van der Waals surface area contributed by atoms with Crippen LogP contribution >= 0.6 is 11.6 Å². The van der Waals surface area contributed by atoms with Crippen molar-refractivity contribution in [1.29, 1.82) is 0 Å². The smallest absolute Gasteiger partial charge is 0.449 e. The molecular formula is C19H20ClNO5. The Kier molecular flexibility index (Phi) is 5.05. The number of ether oxygens (including phenoxy) is 1. The summed E-state index contributed by atoms with van der Waals surface area (Å²) in [5, 5.41) is 13.8. The monoisotopic (exact) mass is 377 g/mol. The number of carboxylic acid groups (broad SMARTS) is 1. The van der Waals surface area contributed by atoms with Crippen molar-refractivity contribution in [2.24, 2.45) is 5.41 Å². The Balaban J connectivity index is 2.10. The molecule has 1 aromatic heterocycles. The van der Waals surface area contributed by atoms with Crippen molar-refractivity contribution in [3.8, 4) is 11.3 Å². The van der Waals surface area contributed by atoms with Crippen LogP contribution < -0.4 is 0 Å². The van der Waals surface area contributed by atoms with Crippen LogP contribution in [0, 0.1) is 5.41 Å². The maximum absolute atomic E-state index is 12.7. The van der Waals surface area contributed by atoms with Gasteiger partial charge in [-0.1, -0.05) is 42.7 Å². The molecule has 0 amide bonds. The molecule has 0 radical (unpaired) electrons. The van der Waals surface area contributed by atoms with Gasteiger partial charge in [0.2, 0.25) is 0 Å². The zero-order valence-corrected chi connectivity index (χ0v) is 15.4. The summed E-state index contributed by atoms with van der Waals surface area (Å²) >= 11 is 5.97. The Morgan fingerprint density at radius 3 is 2.62 bits per heavy atom. The molecule has 138 valence electrons. The molecule has 6 nitrogen and oxygen atoms in total. The minimum atomic E-state index is -1.58. The molecule has 0 fully saturated rings. The minimum absolute atomic E-state index is 0.236. The van der Waals surface area contributed by atoms with Crippen molar-refractivity contribution in [3.63, 3.8) is 0 Å². The molecule has 0 bridgehead atoms. The van der Waals surface area contributed by atoms with Crippen LogP contribution in [0.25, 0.3) is 11.3 Å². The highest BCUT2D eigenvalue weighted by molar-refractivity contribution is 6.30. The zero-order valence-electron chi connectivity index (χ0n) is 14.6. The number of hydrogen-bond donors (Lipinski definition) is 1. The van der Waals surface area contributed by atoms with Crippen molar-refractivity contribution in [2.75, 3.05) is 0 Å². The number of rotatable bonds is 4. The maximum atomic E-state index is 12.7. The van der Waals surface area contributed by atoms with Gasteiger partial charge in [-0.25, -0.2) is 4.79 Å². The summed E-state index contributed by atoms with van der Waals surface area (Å²) in [4.78, 5) is 23.6. The van der Waals surface area contributed by atoms with E-state index in [0.29, 0.717) is 36.4 Å². The van der Waals surface area contributed by atoms with E-state index < -0.39 is 17.5 Å². The first kappa shape index (κ1) is 18.5. The fourth-order valence-electron chi connectivity index (χ4n) is 4.06. The molecule has 0 saturated heterocycles. The standard InChI is InChI=1S/C19H20ClNO5/c1-3-13-15-14(9-10-19(13,4-2)17(22)25-18(23)24)26-21-16(15)11-5-7-12(20)8-6-11/h5-8,13H,3-4,9-10H2,1-2H3,(H,23,24). The van der Waals surface area contributed by atoms with E-state index in [2.05, 4.69) is 9.89 Å². The summed E-state index contributed by atoms with van der Waals surface area (Å²) in [6, 6.07) is 7.25. The summed E-state index contributed by atoms with van der Waals surface area (Å²) in [7, 11) is 0. The zero-order chi connectivity index (χ0) is 18.9. The first-order chi connectivity index (χ1) is 12.4. The van der Waals surface area contributed by atoms with Crippen molar-refractivity contribution in [2.45, 2.75) is 45.4 Å². The number of hydrogen-bond acceptors (Lipinski definition) is 5. The number of carbonyl (C=O) groups excluding carboxylic acids is 1. The summed E-state index contributed by atoms with van der Waals surface area (Å²) in [6.07, 6.45) is 0.511. The Labute approximate surface area is 156 Å². The lowest BCUT2D eigenvalue weighted by atomic mass is 9.62. The lowest BCUT2D eigenvalue weighted by Gasteiger charge is -2.40. The third kappa shape index (κ3) is 2.98. The third-order valence-corrected chi connectivity index (χ3v) is 5.61. The fraction of sp³-hybridized carbons (Fsp3) is 0.421. The van der Waals surface area contributed by atoms with E-state index in [9.17, 15) is 9.59 Å². The number of aryl methyl sites for hydroxylation is 1. The Bertz CT molecular complexity index is 829. The fourth-order valence-corrected chi connectivity index (χ4v) is 4.19. The van der Waals surface area contributed by atoms with E-state index in [4.69, 9.17) is 21.2 Å². The summed E-state index contributed by atoms with van der Waals surface area (Å²) in [5.74, 6) is -0.192. The van der Waals surface area contributed by atoms with E-state index in [1.807, 2.05) is 26.0 Å². The minimum Gasteiger partial charge on any atom is -0.449 e. The van der Waals surface area contributed by atoms with Gasteiger partial charge in [0.15, 0.2) is 0 Å². The number of esters is 1. The van der Waals surface area contributed by atoms with Gasteiger partial charge in [0, 0.05) is 28.5 Å². The SMILES string of the molecule is CCC1c2c(-c3ccc(Cl)cc3)noc2CCC1(CC)C(=O)OC(=O)O. The summed E-state index contributed by atoms with van der Waals surface area (Å²) in [6.45, 7) is 3.85. The van der Waals surface area contributed by atoms with E-state index >= 15 is 0 Å². The van der Waals surface area contributed by atoms with Crippen molar-refractivity contribution >= 4 is 23.7 Å². The van der Waals surface area contributed by atoms with Crippen LogP contribution in [0.1, 0.15) is 50.4 Å². The predicted octanol–water partition coefficient (Wildman–Crippen LogP) is 5.05. The molecule has 2 aromatic rings. The molecule has 1 aromatic carbocycles. The van der Waals surface area contributed by atoms with Gasteiger partial charge in [0.25, 0.3) is 0 Å². The maximum Gasteiger partial charge on any atom is 0.513 e. The van der Waals surface area contributed by atoms with Gasteiger partial charge in [0.05, 0.1) is 5.41 Å². The Hall–Kier alpha value is -2.34. The number of benzene rings is 1. The predicted molar refractivity (Wildman–Crippen MR) is 95.1 cm³/mol. The van der Waals surface area contributed by atoms with E-state index in [1.165, 1.54) is 0 Å². The average molecular weight is 378 g/mol. The largest absolute Gasteiger partial charge is 0.513 e. The first-order valence-corrected chi connectivity index (χ1v) is 9.00. The van der Waals surface area contributed by atoms with Gasteiger partial charge >= 0.3 is 12.1 Å². The molecule has 1 N–H and O–H groups in total. The van der Waals surface area contributed by atoms with Crippen LogP contribution in [-0.4, -0.2) is 22.4 Å². The van der Waals surface area contributed by atoms with Crippen LogP contribution in [0.15, 0.2) is 28.8 Å². The van der Waals surface area contributed by atoms with Crippen LogP contribution in [0.3, 0.4) is 0 Å². The highest BCUT2D eigenvalue weighted by Gasteiger charge is 2.51. The number of carbonyl (C=O) groups is 2. The quantitative estimate of drug-likeness (QED) is 0.592. The number of aromatic nitrogens is 1. The van der Waals surface area contributed by atoms with Gasteiger partial charge < -0.3 is 14.4 Å². The van der Waals surface area contributed by atoms with Gasteiger partial charge in [-0.2, -0.15) is 0 Å². The molecule has 0 saturated carbocycles. The molecule has 26 heavy (non-hydrogen) atoms. The highest BCUT2D eigenvalue weighted by Crippen LogP contribution is 2.53. The lowest BCUT2D eigenvalue weighted by Crippen LogP contribution is -2.42. The van der Waals surface area contributed by atoms with Crippen LogP contribution in [0.5, 0.6) is 0 Å². The molecule has 1 heterocycles. The second kappa shape index (κ2) is 7.11. The van der Waals surface area contributed by atoms with E-state index in [0.717, 1.165) is 16.9 Å². The van der Waals surface area contributed by atoms with Gasteiger partial charge in [-0.05, 0) is 31.4 Å². The van der Waals surface area contributed by atoms with Crippen molar-refractivity contribution < 1.29 is 24.0 Å². The molecule has 0 spiro atoms. The van der Waals surface area contributed by atoms with Crippen molar-refractivity contribution in [1.82, 2.24) is 5.16 Å². The van der Waals surface area contributed by atoms with E-state index in [-0.39, 0.29) is 5.92 Å². The number of fused-ring (bicyclic) bond motifs is 1. The molecule has 2 atom stereocenters. The average Bonchev–Trinajstić information content (AvgIpc) is 3.04. The lowest BCUT2D eigenvalue weighted by molar-refractivity contribution is -0.154.